The van der Waals surface area contributed by atoms with Gasteiger partial charge in [-0.25, -0.2) is 8.42 Å². The van der Waals surface area contributed by atoms with Crippen LogP contribution in [0.5, 0.6) is 0 Å². The van der Waals surface area contributed by atoms with Gasteiger partial charge < -0.3 is 10.3 Å². The lowest BCUT2D eigenvalue weighted by atomic mass is 10.3. The fourth-order valence-corrected chi connectivity index (χ4v) is 3.39. The topological polar surface area (TPSA) is 65.2 Å². The smallest absolute Gasteiger partial charge is 0.236 e. The van der Waals surface area contributed by atoms with Crippen molar-refractivity contribution in [2.75, 3.05) is 23.7 Å². The van der Waals surface area contributed by atoms with Gasteiger partial charge in [0.15, 0.2) is 0 Å². The number of nitrogens with one attached hydrogen (secondary N) is 2. The summed E-state index contributed by atoms with van der Waals surface area (Å²) in [6, 6.07) is 1.85. The van der Waals surface area contributed by atoms with Gasteiger partial charge in [-0.15, -0.1) is 0 Å². The molecular formula is C10H17N3O2S. The monoisotopic (exact) mass is 243 g/mol. The molecule has 1 aliphatic heterocycles. The first-order valence-electron chi connectivity index (χ1n) is 5.42. The first-order chi connectivity index (χ1) is 7.59. The normalized spacial score (nSPS) is 21.2. The Morgan fingerprint density at radius 1 is 1.56 bits per heavy atom. The minimum absolute atomic E-state index is 0.103. The molecule has 0 aromatic carbocycles. The molecule has 1 atom stereocenters. The van der Waals surface area contributed by atoms with E-state index in [9.17, 15) is 8.42 Å². The van der Waals surface area contributed by atoms with Gasteiger partial charge in [-0.05, 0) is 25.5 Å². The molecule has 0 bridgehead atoms. The molecule has 0 saturated carbocycles. The zero-order chi connectivity index (χ0) is 11.6. The number of H-pyrrole nitrogens is 1. The van der Waals surface area contributed by atoms with E-state index in [1.165, 1.54) is 4.31 Å². The molecular weight excluding hydrogens is 226 g/mol. The fraction of sp³-hybridized carbons (Fsp3) is 0.600. The molecule has 0 amide bonds. The zero-order valence-corrected chi connectivity index (χ0v) is 10.1. The molecule has 1 saturated heterocycles. The van der Waals surface area contributed by atoms with E-state index >= 15 is 0 Å². The number of sulfonamides is 1. The maximum absolute atomic E-state index is 12.1. The third-order valence-corrected chi connectivity index (χ3v) is 4.81. The molecule has 1 aromatic rings. The largest absolute Gasteiger partial charge is 0.366 e. The second-order valence-corrected chi connectivity index (χ2v) is 6.15. The molecule has 2 heterocycles. The second-order valence-electron chi connectivity index (χ2n) is 4.11. The van der Waals surface area contributed by atoms with Gasteiger partial charge in [-0.2, -0.15) is 0 Å². The highest BCUT2D eigenvalue weighted by molar-refractivity contribution is 7.92. The summed E-state index contributed by atoms with van der Waals surface area (Å²) in [6.45, 7) is 0.925. The summed E-state index contributed by atoms with van der Waals surface area (Å²) >= 11 is 0. The van der Waals surface area contributed by atoms with E-state index < -0.39 is 10.0 Å². The van der Waals surface area contributed by atoms with Crippen LogP contribution in [-0.2, 0) is 10.0 Å². The summed E-state index contributed by atoms with van der Waals surface area (Å²) in [6.07, 6.45) is 5.41. The number of aromatic amines is 1. The third kappa shape index (κ3) is 2.38. The van der Waals surface area contributed by atoms with Gasteiger partial charge in [0.25, 0.3) is 0 Å². The van der Waals surface area contributed by atoms with Crippen LogP contribution >= 0.6 is 0 Å². The van der Waals surface area contributed by atoms with Gasteiger partial charge in [-0.1, -0.05) is 0 Å². The van der Waals surface area contributed by atoms with E-state index in [0.717, 1.165) is 19.4 Å². The van der Waals surface area contributed by atoms with Crippen LogP contribution in [0.3, 0.4) is 0 Å². The highest BCUT2D eigenvalue weighted by Crippen LogP contribution is 2.17. The first kappa shape index (κ1) is 11.5. The van der Waals surface area contributed by atoms with Crippen LogP contribution in [0, 0.1) is 0 Å². The number of hydrogen-bond donors (Lipinski definition) is 2. The maximum Gasteiger partial charge on any atom is 0.236 e. The van der Waals surface area contributed by atoms with Crippen LogP contribution < -0.4 is 9.62 Å². The Kier molecular flexibility index (Phi) is 3.20. The summed E-state index contributed by atoms with van der Waals surface area (Å²) in [5.74, 6) is 0.175. The standard InChI is InChI=1S/C10H17N3O2S/c1-13(10-4-6-11-7-10)16(14,15)8-9-3-2-5-12-9/h4,6-7,9,11-12H,2-3,5,8H2,1H3. The molecule has 0 radical (unpaired) electrons. The number of rotatable bonds is 4. The van der Waals surface area contributed by atoms with Crippen molar-refractivity contribution in [3.63, 3.8) is 0 Å². The average molecular weight is 243 g/mol. The van der Waals surface area contributed by atoms with Crippen molar-refractivity contribution in [3.05, 3.63) is 18.5 Å². The lowest BCUT2D eigenvalue weighted by Gasteiger charge is -2.20. The van der Waals surface area contributed by atoms with Crippen molar-refractivity contribution in [1.82, 2.24) is 10.3 Å². The van der Waals surface area contributed by atoms with Crippen molar-refractivity contribution < 1.29 is 8.42 Å². The molecule has 1 aromatic heterocycles. The van der Waals surface area contributed by atoms with Crippen LogP contribution in [0.15, 0.2) is 18.5 Å². The number of nitrogens with zero attached hydrogens (tertiary/aromatic N) is 1. The van der Waals surface area contributed by atoms with Crippen molar-refractivity contribution in [2.45, 2.75) is 18.9 Å². The number of hydrogen-bond acceptors (Lipinski definition) is 3. The summed E-state index contributed by atoms with van der Waals surface area (Å²) < 4.78 is 25.5. The molecule has 6 heteroatoms. The Bertz CT molecular complexity index is 421. The summed E-state index contributed by atoms with van der Waals surface area (Å²) in [7, 11) is -1.63. The zero-order valence-electron chi connectivity index (χ0n) is 9.31. The molecule has 2 N–H and O–H groups in total. The van der Waals surface area contributed by atoms with Crippen LogP contribution in [0.2, 0.25) is 0 Å². The van der Waals surface area contributed by atoms with E-state index in [2.05, 4.69) is 10.3 Å². The Hall–Kier alpha value is -1.01. The average Bonchev–Trinajstić information content (AvgIpc) is 2.86. The minimum atomic E-state index is -3.22. The highest BCUT2D eigenvalue weighted by Gasteiger charge is 2.25. The molecule has 16 heavy (non-hydrogen) atoms. The van der Waals surface area contributed by atoms with Crippen molar-refractivity contribution in [2.24, 2.45) is 0 Å². The van der Waals surface area contributed by atoms with E-state index in [4.69, 9.17) is 0 Å². The summed E-state index contributed by atoms with van der Waals surface area (Å²) in [5.41, 5.74) is 0.679. The van der Waals surface area contributed by atoms with Gasteiger partial charge >= 0.3 is 0 Å². The fourth-order valence-electron chi connectivity index (χ4n) is 1.94. The lowest BCUT2D eigenvalue weighted by Crippen LogP contribution is -2.37. The van der Waals surface area contributed by atoms with Crippen molar-refractivity contribution in [3.8, 4) is 0 Å². The Labute approximate surface area is 95.9 Å². The van der Waals surface area contributed by atoms with Gasteiger partial charge in [0.05, 0.1) is 11.4 Å². The van der Waals surface area contributed by atoms with E-state index in [0.29, 0.717) is 5.69 Å². The predicted octanol–water partition coefficient (Wildman–Crippen LogP) is 0.533. The predicted molar refractivity (Wildman–Crippen MR) is 64.0 cm³/mol. The molecule has 1 fully saturated rings. The molecule has 0 spiro atoms. The minimum Gasteiger partial charge on any atom is -0.366 e. The highest BCUT2D eigenvalue weighted by atomic mass is 32.2. The Morgan fingerprint density at radius 3 is 2.94 bits per heavy atom. The van der Waals surface area contributed by atoms with Crippen molar-refractivity contribution in [1.29, 1.82) is 0 Å². The van der Waals surface area contributed by atoms with Crippen LogP contribution in [0.1, 0.15) is 12.8 Å². The second kappa shape index (κ2) is 4.47. The van der Waals surface area contributed by atoms with Crippen LogP contribution in [0.4, 0.5) is 5.69 Å². The molecule has 90 valence electrons. The third-order valence-electron chi connectivity index (χ3n) is 2.94. The molecule has 5 nitrogen and oxygen atoms in total. The molecule has 1 unspecified atom stereocenters. The SMILES string of the molecule is CN(c1cc[nH]c1)S(=O)(=O)CC1CCCN1. The maximum atomic E-state index is 12.1. The molecule has 1 aliphatic rings. The van der Waals surface area contributed by atoms with Gasteiger partial charge in [0.1, 0.15) is 0 Å². The van der Waals surface area contributed by atoms with Crippen LogP contribution in [-0.4, -0.2) is 38.8 Å². The lowest BCUT2D eigenvalue weighted by molar-refractivity contribution is 0.575. The number of aromatic nitrogens is 1. The van der Waals surface area contributed by atoms with Gasteiger partial charge in [-0.3, -0.25) is 4.31 Å². The quantitative estimate of drug-likeness (QED) is 0.811. The Morgan fingerprint density at radius 2 is 2.38 bits per heavy atom. The van der Waals surface area contributed by atoms with E-state index in [-0.39, 0.29) is 11.8 Å². The van der Waals surface area contributed by atoms with Gasteiger partial charge in [0.2, 0.25) is 10.0 Å². The molecule has 2 rings (SSSR count). The summed E-state index contributed by atoms with van der Waals surface area (Å²) in [5, 5.41) is 3.20. The van der Waals surface area contributed by atoms with Crippen molar-refractivity contribution >= 4 is 15.7 Å². The number of anilines is 1. The summed E-state index contributed by atoms with van der Waals surface area (Å²) in [4.78, 5) is 2.85. The molecule has 0 aliphatic carbocycles. The van der Waals surface area contributed by atoms with Gasteiger partial charge in [0, 0.05) is 25.5 Å². The Balaban J connectivity index is 2.06. The van der Waals surface area contributed by atoms with E-state index in [1.807, 2.05) is 0 Å². The van der Waals surface area contributed by atoms with E-state index in [1.54, 1.807) is 25.5 Å². The first-order valence-corrected chi connectivity index (χ1v) is 7.03. The van der Waals surface area contributed by atoms with Crippen LogP contribution in [0.25, 0.3) is 0 Å².